The lowest BCUT2D eigenvalue weighted by Crippen LogP contribution is -2.32. The zero-order valence-corrected chi connectivity index (χ0v) is 7.15. The number of rotatable bonds is 0. The van der Waals surface area contributed by atoms with Gasteiger partial charge in [0.05, 0.1) is 6.54 Å². The highest BCUT2D eigenvalue weighted by molar-refractivity contribution is 6.20. The van der Waals surface area contributed by atoms with Crippen LogP contribution < -0.4 is 0 Å². The first kappa shape index (κ1) is 7.91. The molecule has 0 saturated carbocycles. The first-order chi connectivity index (χ1) is 6.20. The Morgan fingerprint density at radius 2 is 2.00 bits per heavy atom. The van der Waals surface area contributed by atoms with E-state index in [1.807, 2.05) is 0 Å². The minimum atomic E-state index is -0.197. The molecule has 0 aromatic heterocycles. The molecule has 0 spiro atoms. The van der Waals surface area contributed by atoms with Crippen LogP contribution in [0.2, 0.25) is 0 Å². The summed E-state index contributed by atoms with van der Waals surface area (Å²) in [6, 6.07) is 0. The Hall–Kier alpha value is -1.71. The highest BCUT2D eigenvalue weighted by Gasteiger charge is 2.26. The van der Waals surface area contributed by atoms with Crippen LogP contribution in [-0.2, 0) is 9.59 Å². The Labute approximate surface area is 75.2 Å². The van der Waals surface area contributed by atoms with Crippen molar-refractivity contribution >= 4 is 17.8 Å². The van der Waals surface area contributed by atoms with Crippen molar-refractivity contribution < 1.29 is 9.59 Å². The topological polar surface area (TPSA) is 49.7 Å². The normalized spacial score (nSPS) is 21.2. The monoisotopic (exact) mass is 176 g/mol. The predicted octanol–water partition coefficient (Wildman–Crippen LogP) is -0.0778. The summed E-state index contributed by atoms with van der Waals surface area (Å²) in [6.07, 6.45) is 4.18. The van der Waals surface area contributed by atoms with Crippen molar-refractivity contribution in [3.8, 4) is 0 Å². The van der Waals surface area contributed by atoms with Crippen LogP contribution in [0.25, 0.3) is 0 Å². The lowest BCUT2D eigenvalue weighted by Gasteiger charge is -2.24. The van der Waals surface area contributed by atoms with Gasteiger partial charge in [-0.1, -0.05) is 0 Å². The molecule has 0 atom stereocenters. The summed E-state index contributed by atoms with van der Waals surface area (Å²) < 4.78 is 0. The minimum Gasteiger partial charge on any atom is -0.364 e. The van der Waals surface area contributed by atoms with Gasteiger partial charge in [-0.15, -0.1) is 0 Å². The third kappa shape index (κ3) is 1.11. The van der Waals surface area contributed by atoms with Gasteiger partial charge in [-0.05, 0) is 12.2 Å². The molecule has 0 saturated heterocycles. The molecule has 0 radical (unpaired) electrons. The Bertz CT molecular complexity index is 377. The smallest absolute Gasteiger partial charge is 0.206 e. The molecule has 4 nitrogen and oxygen atoms in total. The summed E-state index contributed by atoms with van der Waals surface area (Å²) in [5, 5.41) is 0. The largest absolute Gasteiger partial charge is 0.364 e. The van der Waals surface area contributed by atoms with E-state index in [1.54, 1.807) is 18.2 Å². The number of likely N-dealkylation sites (N-methyl/N-ethyl adjacent to an activating group) is 1. The summed E-state index contributed by atoms with van der Waals surface area (Å²) in [7, 11) is 1.77. The molecule has 1 heterocycles. The summed E-state index contributed by atoms with van der Waals surface area (Å²) in [4.78, 5) is 28.3. The van der Waals surface area contributed by atoms with Crippen LogP contribution in [0.15, 0.2) is 28.5 Å². The van der Waals surface area contributed by atoms with Crippen molar-refractivity contribution in [1.29, 1.82) is 0 Å². The second kappa shape index (κ2) is 2.65. The number of hydrogen-bond donors (Lipinski definition) is 0. The Morgan fingerprint density at radius 1 is 1.31 bits per heavy atom. The maximum absolute atomic E-state index is 11.4. The second-order valence-electron chi connectivity index (χ2n) is 2.95. The first-order valence-corrected chi connectivity index (χ1v) is 3.95. The number of aliphatic imine (C=N–C) groups is 1. The molecule has 0 amide bonds. The van der Waals surface area contributed by atoms with E-state index < -0.39 is 0 Å². The average molecular weight is 176 g/mol. The molecule has 66 valence electrons. The zero-order chi connectivity index (χ0) is 9.42. The molecule has 13 heavy (non-hydrogen) atoms. The van der Waals surface area contributed by atoms with E-state index in [-0.39, 0.29) is 17.3 Å². The van der Waals surface area contributed by atoms with Crippen molar-refractivity contribution in [3.63, 3.8) is 0 Å². The maximum atomic E-state index is 11.4. The zero-order valence-electron chi connectivity index (χ0n) is 7.15. The van der Waals surface area contributed by atoms with E-state index >= 15 is 0 Å². The van der Waals surface area contributed by atoms with E-state index in [4.69, 9.17) is 0 Å². The fraction of sp³-hybridized carbons (Fsp3) is 0.222. The van der Waals surface area contributed by atoms with Crippen LogP contribution in [0.5, 0.6) is 0 Å². The molecule has 0 aromatic rings. The SMILES string of the molecule is CN1CC=NC2=C1C(=O)C=CC2=O. The number of carbonyl (C=O) groups is 2. The van der Waals surface area contributed by atoms with Crippen LogP contribution in [0.1, 0.15) is 0 Å². The number of carbonyl (C=O) groups excluding carboxylic acids is 2. The first-order valence-electron chi connectivity index (χ1n) is 3.95. The molecule has 2 rings (SSSR count). The summed E-state index contributed by atoms with van der Waals surface area (Å²) in [5.74, 6) is -0.341. The molecular formula is C9H8N2O2. The number of nitrogens with zero attached hydrogens (tertiary/aromatic N) is 2. The van der Waals surface area contributed by atoms with Gasteiger partial charge in [0.25, 0.3) is 0 Å². The van der Waals surface area contributed by atoms with Gasteiger partial charge in [-0.2, -0.15) is 0 Å². The molecule has 2 aliphatic rings. The van der Waals surface area contributed by atoms with E-state index in [9.17, 15) is 9.59 Å². The molecule has 0 unspecified atom stereocenters. The van der Waals surface area contributed by atoms with E-state index in [0.717, 1.165) is 0 Å². The molecule has 0 aromatic carbocycles. The van der Waals surface area contributed by atoms with E-state index in [1.165, 1.54) is 12.2 Å². The predicted molar refractivity (Wildman–Crippen MR) is 47.3 cm³/mol. The van der Waals surface area contributed by atoms with Crippen molar-refractivity contribution in [1.82, 2.24) is 4.90 Å². The van der Waals surface area contributed by atoms with Gasteiger partial charge in [-0.3, -0.25) is 14.6 Å². The molecule has 1 aliphatic heterocycles. The standard InChI is InChI=1S/C9H8N2O2/c1-11-5-4-10-8-6(12)2-3-7(13)9(8)11/h2-4H,5H2,1H3. The van der Waals surface area contributed by atoms with E-state index in [0.29, 0.717) is 12.2 Å². The molecule has 0 N–H and O–H groups in total. The van der Waals surface area contributed by atoms with Crippen molar-refractivity contribution in [3.05, 3.63) is 23.5 Å². The second-order valence-corrected chi connectivity index (χ2v) is 2.95. The average Bonchev–Trinajstić information content (AvgIpc) is 2.12. The van der Waals surface area contributed by atoms with Gasteiger partial charge in [0.15, 0.2) is 0 Å². The highest BCUT2D eigenvalue weighted by atomic mass is 16.1. The maximum Gasteiger partial charge on any atom is 0.206 e. The van der Waals surface area contributed by atoms with Gasteiger partial charge in [0.2, 0.25) is 11.6 Å². The van der Waals surface area contributed by atoms with E-state index in [2.05, 4.69) is 4.99 Å². The van der Waals surface area contributed by atoms with Crippen LogP contribution in [-0.4, -0.2) is 36.3 Å². The quantitative estimate of drug-likeness (QED) is 0.485. The van der Waals surface area contributed by atoms with Gasteiger partial charge < -0.3 is 4.90 Å². The molecule has 4 heteroatoms. The molecule has 0 fully saturated rings. The Morgan fingerprint density at radius 3 is 2.69 bits per heavy atom. The fourth-order valence-electron chi connectivity index (χ4n) is 1.38. The van der Waals surface area contributed by atoms with Gasteiger partial charge in [-0.25, -0.2) is 0 Å². The lowest BCUT2D eigenvalue weighted by molar-refractivity contribution is -0.116. The van der Waals surface area contributed by atoms with Crippen LogP contribution in [0, 0.1) is 0 Å². The highest BCUT2D eigenvalue weighted by Crippen LogP contribution is 2.19. The lowest BCUT2D eigenvalue weighted by atomic mass is 10.0. The van der Waals surface area contributed by atoms with Gasteiger partial charge in [0, 0.05) is 13.3 Å². The molecular weight excluding hydrogens is 168 g/mol. The van der Waals surface area contributed by atoms with Crippen molar-refractivity contribution in [2.45, 2.75) is 0 Å². The molecule has 0 bridgehead atoms. The van der Waals surface area contributed by atoms with Crippen molar-refractivity contribution in [2.24, 2.45) is 4.99 Å². The van der Waals surface area contributed by atoms with Crippen molar-refractivity contribution in [2.75, 3.05) is 13.6 Å². The summed E-state index contributed by atoms with van der Waals surface area (Å²) >= 11 is 0. The fourth-order valence-corrected chi connectivity index (χ4v) is 1.38. The van der Waals surface area contributed by atoms with Gasteiger partial charge in [0.1, 0.15) is 11.4 Å². The van der Waals surface area contributed by atoms with Gasteiger partial charge >= 0.3 is 0 Å². The van der Waals surface area contributed by atoms with Crippen LogP contribution in [0.3, 0.4) is 0 Å². The summed E-state index contributed by atoms with van der Waals surface area (Å²) in [6.45, 7) is 0.575. The third-order valence-corrected chi connectivity index (χ3v) is 2.03. The number of allylic oxidation sites excluding steroid dienone is 2. The minimum absolute atomic E-state index is 0.144. The number of ketones is 2. The Kier molecular flexibility index (Phi) is 1.62. The van der Waals surface area contributed by atoms with Crippen LogP contribution in [0.4, 0.5) is 0 Å². The third-order valence-electron chi connectivity index (χ3n) is 2.03. The molecule has 1 aliphatic carbocycles. The number of hydrogen-bond acceptors (Lipinski definition) is 4. The Balaban J connectivity index is 2.54. The summed E-state index contributed by atoms with van der Waals surface area (Å²) in [5.41, 5.74) is 0.677. The van der Waals surface area contributed by atoms with Crippen LogP contribution >= 0.6 is 0 Å².